The molecule has 1 aliphatic heterocycles. The van der Waals surface area contributed by atoms with Gasteiger partial charge in [-0.15, -0.1) is 0 Å². The van der Waals surface area contributed by atoms with E-state index in [9.17, 15) is 9.59 Å². The Morgan fingerprint density at radius 3 is 2.76 bits per heavy atom. The average Bonchev–Trinajstić information content (AvgIpc) is 2.92. The van der Waals surface area contributed by atoms with Gasteiger partial charge in [-0.05, 0) is 42.3 Å². The molecule has 4 rings (SSSR count). The molecular weight excluding hydrogens is 413 g/mol. The van der Waals surface area contributed by atoms with Gasteiger partial charge in [-0.1, -0.05) is 41.9 Å². The number of aryl methyl sites for hydroxylation is 1. The van der Waals surface area contributed by atoms with Gasteiger partial charge in [0.2, 0.25) is 5.91 Å². The van der Waals surface area contributed by atoms with Crippen molar-refractivity contribution in [2.45, 2.75) is 18.9 Å². The van der Waals surface area contributed by atoms with Crippen LogP contribution in [0.2, 0.25) is 5.15 Å². The number of nitrogens with zero attached hydrogens (tertiary/aromatic N) is 1. The molecule has 3 aromatic rings. The predicted molar refractivity (Wildman–Crippen MR) is 115 cm³/mol. The maximum Gasteiger partial charge on any atom is 0.272 e. The third kappa shape index (κ3) is 3.98. The van der Waals surface area contributed by atoms with E-state index in [1.54, 1.807) is 12.1 Å². The smallest absolute Gasteiger partial charge is 0.272 e. The van der Waals surface area contributed by atoms with E-state index in [0.717, 1.165) is 5.56 Å². The fourth-order valence-electron chi connectivity index (χ4n) is 3.33. The van der Waals surface area contributed by atoms with Crippen molar-refractivity contribution in [2.75, 3.05) is 5.32 Å². The number of halogens is 2. The van der Waals surface area contributed by atoms with Crippen molar-refractivity contribution in [2.24, 2.45) is 5.10 Å². The molecule has 1 aliphatic rings. The first-order valence-corrected chi connectivity index (χ1v) is 9.72. The summed E-state index contributed by atoms with van der Waals surface area (Å²) in [6, 6.07) is 12.6. The lowest BCUT2D eigenvalue weighted by atomic mass is 10.0. The second-order valence-corrected chi connectivity index (χ2v) is 7.27. The number of aromatic amines is 1. The molecule has 2 aromatic carbocycles. The van der Waals surface area contributed by atoms with E-state index in [4.69, 9.17) is 23.4 Å². The summed E-state index contributed by atoms with van der Waals surface area (Å²) >= 11 is 12.0. The maximum atomic E-state index is 12.7. The first-order chi connectivity index (χ1) is 14.1. The van der Waals surface area contributed by atoms with Crippen LogP contribution in [0, 0.1) is 0 Å². The number of carbonyl (C=O) groups is 2. The molecule has 1 atom stereocenters. The fraction of sp³-hybridized carbons (Fsp3) is 0.150. The van der Waals surface area contributed by atoms with Gasteiger partial charge in [-0.2, -0.15) is 5.10 Å². The Morgan fingerprint density at radius 1 is 1.21 bits per heavy atom. The van der Waals surface area contributed by atoms with Crippen molar-refractivity contribution in [3.05, 3.63) is 64.3 Å². The van der Waals surface area contributed by atoms with Crippen LogP contribution in [0.25, 0.3) is 10.9 Å². The standard InChI is InChI=1S/C20H17Cl2N5O2/c21-18-14-10-23-27-19(28)13-8-12(9-16(25-18)17(13)14)24-20(29)15(26-22)7-6-11-4-2-1-3-5-11/h1-5,8-10,15,25-26H,6-7H2,(H,24,29)(H,27,28)/t15-/m1/s1. The lowest BCUT2D eigenvalue weighted by Crippen LogP contribution is -2.36. The molecule has 29 heavy (non-hydrogen) atoms. The van der Waals surface area contributed by atoms with Gasteiger partial charge >= 0.3 is 0 Å². The number of aromatic nitrogens is 1. The Hall–Kier alpha value is -2.87. The van der Waals surface area contributed by atoms with Gasteiger partial charge in [0.25, 0.3) is 5.91 Å². The van der Waals surface area contributed by atoms with Crippen LogP contribution in [0.15, 0.2) is 47.6 Å². The second-order valence-electron chi connectivity index (χ2n) is 6.67. The summed E-state index contributed by atoms with van der Waals surface area (Å²) in [4.78, 5) is 30.6. The van der Waals surface area contributed by atoms with Crippen molar-refractivity contribution in [1.29, 1.82) is 0 Å². The van der Waals surface area contributed by atoms with Gasteiger partial charge in [0.05, 0.1) is 17.3 Å². The molecule has 0 aliphatic carbocycles. The van der Waals surface area contributed by atoms with Gasteiger partial charge in [0, 0.05) is 16.6 Å². The molecule has 0 saturated heterocycles. The monoisotopic (exact) mass is 429 g/mol. The van der Waals surface area contributed by atoms with E-state index < -0.39 is 6.04 Å². The molecule has 2 heterocycles. The van der Waals surface area contributed by atoms with Crippen molar-refractivity contribution in [1.82, 2.24) is 15.2 Å². The van der Waals surface area contributed by atoms with Crippen LogP contribution in [0.3, 0.4) is 0 Å². The molecule has 7 nitrogen and oxygen atoms in total. The molecule has 2 amide bonds. The summed E-state index contributed by atoms with van der Waals surface area (Å²) in [5.41, 5.74) is 5.61. The van der Waals surface area contributed by atoms with Crippen LogP contribution in [-0.4, -0.2) is 29.1 Å². The number of hydrogen-bond donors (Lipinski definition) is 4. The summed E-state index contributed by atoms with van der Waals surface area (Å²) in [5.74, 6) is -0.682. The third-order valence-corrected chi connectivity index (χ3v) is 5.33. The predicted octanol–water partition coefficient (Wildman–Crippen LogP) is 3.58. The minimum absolute atomic E-state index is 0.300. The summed E-state index contributed by atoms with van der Waals surface area (Å²) in [5, 5.41) is 7.71. The number of hydrazone groups is 1. The zero-order valence-electron chi connectivity index (χ0n) is 15.1. The van der Waals surface area contributed by atoms with Crippen molar-refractivity contribution in [3.8, 4) is 0 Å². The first-order valence-electron chi connectivity index (χ1n) is 8.96. The highest BCUT2D eigenvalue weighted by Gasteiger charge is 2.23. The molecule has 0 saturated carbocycles. The molecule has 4 N–H and O–H groups in total. The SMILES string of the molecule is O=C1NN=Cc2c(Cl)[nH]c3cc(NC(=O)[C@@H](CCc4ccccc4)NCl)cc1c23. The number of rotatable bonds is 6. The van der Waals surface area contributed by atoms with Crippen LogP contribution in [-0.2, 0) is 11.2 Å². The number of amides is 2. The Morgan fingerprint density at radius 2 is 2.00 bits per heavy atom. The van der Waals surface area contributed by atoms with Crippen LogP contribution < -0.4 is 15.6 Å². The third-order valence-electron chi connectivity index (χ3n) is 4.77. The average molecular weight is 430 g/mol. The second kappa shape index (κ2) is 8.24. The highest BCUT2D eigenvalue weighted by Crippen LogP contribution is 2.32. The number of benzene rings is 2. The lowest BCUT2D eigenvalue weighted by Gasteiger charge is -2.15. The van der Waals surface area contributed by atoms with Crippen molar-refractivity contribution >= 4 is 58.0 Å². The molecular formula is C20H17Cl2N5O2. The molecule has 0 radical (unpaired) electrons. The number of carbonyl (C=O) groups excluding carboxylic acids is 2. The summed E-state index contributed by atoms with van der Waals surface area (Å²) in [6.45, 7) is 0. The largest absolute Gasteiger partial charge is 0.345 e. The molecule has 0 unspecified atom stereocenters. The summed E-state index contributed by atoms with van der Waals surface area (Å²) in [7, 11) is 0. The van der Waals surface area contributed by atoms with Crippen molar-refractivity contribution in [3.63, 3.8) is 0 Å². The molecule has 0 fully saturated rings. The minimum atomic E-state index is -0.605. The Balaban J connectivity index is 1.56. The van der Waals surface area contributed by atoms with Crippen LogP contribution in [0.1, 0.15) is 27.9 Å². The number of anilines is 1. The molecule has 0 bridgehead atoms. The number of H-pyrrole nitrogens is 1. The van der Waals surface area contributed by atoms with E-state index in [0.29, 0.717) is 45.7 Å². The fourth-order valence-corrected chi connectivity index (χ4v) is 3.79. The lowest BCUT2D eigenvalue weighted by molar-refractivity contribution is -0.117. The zero-order valence-corrected chi connectivity index (χ0v) is 16.6. The van der Waals surface area contributed by atoms with E-state index in [1.165, 1.54) is 6.21 Å². The zero-order chi connectivity index (χ0) is 20.4. The maximum absolute atomic E-state index is 12.7. The highest BCUT2D eigenvalue weighted by molar-refractivity contribution is 6.35. The summed E-state index contributed by atoms with van der Waals surface area (Å²) in [6.07, 6.45) is 2.70. The highest BCUT2D eigenvalue weighted by atomic mass is 35.5. The molecule has 1 aromatic heterocycles. The quantitative estimate of drug-likeness (QED) is 0.450. The van der Waals surface area contributed by atoms with Gasteiger partial charge in [-0.25, -0.2) is 10.3 Å². The van der Waals surface area contributed by atoms with E-state index in [2.05, 4.69) is 25.7 Å². The molecule has 0 spiro atoms. The Kier molecular flexibility index (Phi) is 5.53. The van der Waals surface area contributed by atoms with E-state index in [1.807, 2.05) is 30.3 Å². The summed E-state index contributed by atoms with van der Waals surface area (Å²) < 4.78 is 0. The van der Waals surface area contributed by atoms with Crippen LogP contribution in [0.4, 0.5) is 5.69 Å². The van der Waals surface area contributed by atoms with Gasteiger partial charge in [0.1, 0.15) is 11.2 Å². The first kappa shape index (κ1) is 19.4. The normalized spacial score (nSPS) is 13.8. The Bertz CT molecular complexity index is 1110. The van der Waals surface area contributed by atoms with E-state index >= 15 is 0 Å². The van der Waals surface area contributed by atoms with Gasteiger partial charge < -0.3 is 10.3 Å². The van der Waals surface area contributed by atoms with Crippen molar-refractivity contribution < 1.29 is 9.59 Å². The molecule has 148 valence electrons. The van der Waals surface area contributed by atoms with Gasteiger partial charge in [-0.3, -0.25) is 9.59 Å². The minimum Gasteiger partial charge on any atom is -0.345 e. The Labute approximate surface area is 176 Å². The van der Waals surface area contributed by atoms with E-state index in [-0.39, 0.29) is 11.8 Å². The van der Waals surface area contributed by atoms with Gasteiger partial charge in [0.15, 0.2) is 0 Å². The van der Waals surface area contributed by atoms with Crippen LogP contribution in [0.5, 0.6) is 0 Å². The topological polar surface area (TPSA) is 98.4 Å². The number of nitrogens with one attached hydrogen (secondary N) is 4. The van der Waals surface area contributed by atoms with Crippen LogP contribution >= 0.6 is 23.4 Å². The molecule has 9 heteroatoms. The number of hydrogen-bond acceptors (Lipinski definition) is 4.